The van der Waals surface area contributed by atoms with Crippen LogP contribution in [0.2, 0.25) is 0 Å². The third-order valence-electron chi connectivity index (χ3n) is 3.12. The summed E-state index contributed by atoms with van der Waals surface area (Å²) in [4.78, 5) is 2.27. The summed E-state index contributed by atoms with van der Waals surface area (Å²) < 4.78 is 31.8. The Balaban J connectivity index is 2.26. The monoisotopic (exact) mass is 293 g/mol. The molecule has 1 aliphatic rings. The molecule has 0 aromatic rings. The molecule has 1 fully saturated rings. The molecule has 114 valence electrons. The zero-order valence-electron chi connectivity index (χ0n) is 12.2. The van der Waals surface area contributed by atoms with Crippen LogP contribution in [0.15, 0.2) is 0 Å². The standard InChI is InChI=1S/C12H27N3O3S/c1-4-15-6-7-18-12(10-15)9-14-19(16,17)8-5-13-11(2)3/h11-14H,4-10H2,1-3H3. The van der Waals surface area contributed by atoms with Crippen molar-refractivity contribution in [3.8, 4) is 0 Å². The summed E-state index contributed by atoms with van der Waals surface area (Å²) in [7, 11) is -3.21. The van der Waals surface area contributed by atoms with E-state index in [0.717, 1.165) is 19.6 Å². The number of nitrogens with zero attached hydrogens (tertiary/aromatic N) is 1. The minimum absolute atomic E-state index is 0.0402. The molecule has 0 spiro atoms. The van der Waals surface area contributed by atoms with Crippen molar-refractivity contribution < 1.29 is 13.2 Å². The van der Waals surface area contributed by atoms with E-state index in [1.807, 2.05) is 13.8 Å². The van der Waals surface area contributed by atoms with Gasteiger partial charge in [0, 0.05) is 32.2 Å². The minimum atomic E-state index is -3.21. The van der Waals surface area contributed by atoms with Crippen LogP contribution in [0.4, 0.5) is 0 Å². The van der Waals surface area contributed by atoms with Crippen molar-refractivity contribution in [3.05, 3.63) is 0 Å². The van der Waals surface area contributed by atoms with Crippen LogP contribution in [0.3, 0.4) is 0 Å². The fourth-order valence-corrected chi connectivity index (χ4v) is 2.94. The van der Waals surface area contributed by atoms with Crippen LogP contribution in [-0.4, -0.2) is 70.5 Å². The van der Waals surface area contributed by atoms with Crippen LogP contribution in [0.1, 0.15) is 20.8 Å². The van der Waals surface area contributed by atoms with E-state index in [1.165, 1.54) is 0 Å². The molecule has 1 unspecified atom stereocenters. The Kier molecular flexibility index (Phi) is 7.23. The SMILES string of the molecule is CCN1CCOC(CNS(=O)(=O)CCNC(C)C)C1. The van der Waals surface area contributed by atoms with E-state index in [4.69, 9.17) is 4.74 Å². The number of rotatable bonds is 8. The average Bonchev–Trinajstić information content (AvgIpc) is 2.36. The van der Waals surface area contributed by atoms with Gasteiger partial charge in [0.1, 0.15) is 0 Å². The number of nitrogens with one attached hydrogen (secondary N) is 2. The molecular formula is C12H27N3O3S. The maximum atomic E-state index is 11.8. The van der Waals surface area contributed by atoms with Gasteiger partial charge in [-0.15, -0.1) is 0 Å². The maximum absolute atomic E-state index is 11.8. The molecular weight excluding hydrogens is 266 g/mol. The van der Waals surface area contributed by atoms with Crippen LogP contribution in [0.25, 0.3) is 0 Å². The molecule has 0 aromatic carbocycles. The van der Waals surface area contributed by atoms with Gasteiger partial charge in [0.25, 0.3) is 0 Å². The van der Waals surface area contributed by atoms with Gasteiger partial charge in [-0.05, 0) is 6.54 Å². The maximum Gasteiger partial charge on any atom is 0.212 e. The number of ether oxygens (including phenoxy) is 1. The zero-order valence-corrected chi connectivity index (χ0v) is 13.0. The molecule has 1 aliphatic heterocycles. The molecule has 1 saturated heterocycles. The van der Waals surface area contributed by atoms with Crippen molar-refractivity contribution >= 4 is 10.0 Å². The molecule has 6 nitrogen and oxygen atoms in total. The average molecular weight is 293 g/mol. The predicted octanol–water partition coefficient (Wildman–Crippen LogP) is -0.375. The van der Waals surface area contributed by atoms with Crippen LogP contribution < -0.4 is 10.0 Å². The van der Waals surface area contributed by atoms with E-state index in [2.05, 4.69) is 21.9 Å². The fourth-order valence-electron chi connectivity index (χ4n) is 1.97. The lowest BCUT2D eigenvalue weighted by atomic mass is 10.3. The number of morpholine rings is 1. The molecule has 0 saturated carbocycles. The van der Waals surface area contributed by atoms with Gasteiger partial charge in [0.2, 0.25) is 10.0 Å². The Morgan fingerprint density at radius 2 is 2.16 bits per heavy atom. The lowest BCUT2D eigenvalue weighted by Gasteiger charge is -2.32. The molecule has 1 atom stereocenters. The highest BCUT2D eigenvalue weighted by molar-refractivity contribution is 7.89. The van der Waals surface area contributed by atoms with Gasteiger partial charge in [0.15, 0.2) is 0 Å². The summed E-state index contributed by atoms with van der Waals surface area (Å²) in [5, 5.41) is 3.10. The van der Waals surface area contributed by atoms with E-state index < -0.39 is 10.0 Å². The second-order valence-corrected chi connectivity index (χ2v) is 7.09. The second kappa shape index (κ2) is 8.16. The summed E-state index contributed by atoms with van der Waals surface area (Å²) in [5.74, 6) is 0.107. The molecule has 0 radical (unpaired) electrons. The molecule has 2 N–H and O–H groups in total. The van der Waals surface area contributed by atoms with Crippen LogP contribution in [0, 0.1) is 0 Å². The van der Waals surface area contributed by atoms with Gasteiger partial charge in [-0.25, -0.2) is 13.1 Å². The molecule has 1 heterocycles. The van der Waals surface area contributed by atoms with Crippen LogP contribution in [0.5, 0.6) is 0 Å². The highest BCUT2D eigenvalue weighted by Gasteiger charge is 2.21. The smallest absolute Gasteiger partial charge is 0.212 e. The van der Waals surface area contributed by atoms with Crippen molar-refractivity contribution in [2.45, 2.75) is 32.9 Å². The topological polar surface area (TPSA) is 70.7 Å². The molecule has 0 amide bonds. The van der Waals surface area contributed by atoms with E-state index in [1.54, 1.807) is 0 Å². The first kappa shape index (κ1) is 16.8. The van der Waals surface area contributed by atoms with E-state index >= 15 is 0 Å². The van der Waals surface area contributed by atoms with E-state index in [-0.39, 0.29) is 11.9 Å². The first-order valence-corrected chi connectivity index (χ1v) is 8.63. The fraction of sp³-hybridized carbons (Fsp3) is 1.00. The van der Waals surface area contributed by atoms with Gasteiger partial charge in [0.05, 0.1) is 18.5 Å². The summed E-state index contributed by atoms with van der Waals surface area (Å²) in [6.45, 7) is 10.3. The normalized spacial score (nSPS) is 22.0. The Morgan fingerprint density at radius 3 is 2.79 bits per heavy atom. The number of sulfonamides is 1. The number of hydrogen-bond donors (Lipinski definition) is 2. The third-order valence-corrected chi connectivity index (χ3v) is 4.47. The largest absolute Gasteiger partial charge is 0.374 e. The van der Waals surface area contributed by atoms with Crippen molar-refractivity contribution in [1.82, 2.24) is 14.9 Å². The van der Waals surface area contributed by atoms with Gasteiger partial charge in [-0.3, -0.25) is 4.90 Å². The number of hydrogen-bond acceptors (Lipinski definition) is 5. The summed E-state index contributed by atoms with van der Waals surface area (Å²) in [6.07, 6.45) is -0.0402. The van der Waals surface area contributed by atoms with Gasteiger partial charge < -0.3 is 10.1 Å². The van der Waals surface area contributed by atoms with Crippen molar-refractivity contribution in [1.29, 1.82) is 0 Å². The van der Waals surface area contributed by atoms with Crippen molar-refractivity contribution in [3.63, 3.8) is 0 Å². The Labute approximate surface area is 116 Å². The Morgan fingerprint density at radius 1 is 1.42 bits per heavy atom. The molecule has 19 heavy (non-hydrogen) atoms. The molecule has 0 aromatic heterocycles. The predicted molar refractivity (Wildman–Crippen MR) is 76.8 cm³/mol. The highest BCUT2D eigenvalue weighted by atomic mass is 32.2. The van der Waals surface area contributed by atoms with Gasteiger partial charge >= 0.3 is 0 Å². The van der Waals surface area contributed by atoms with Crippen molar-refractivity contribution in [2.24, 2.45) is 0 Å². The van der Waals surface area contributed by atoms with Crippen molar-refractivity contribution in [2.75, 3.05) is 45.1 Å². The molecule has 0 bridgehead atoms. The van der Waals surface area contributed by atoms with E-state index in [0.29, 0.717) is 25.7 Å². The van der Waals surface area contributed by atoms with Crippen LogP contribution in [-0.2, 0) is 14.8 Å². The second-order valence-electron chi connectivity index (χ2n) is 5.16. The lowest BCUT2D eigenvalue weighted by molar-refractivity contribution is -0.0229. The first-order valence-electron chi connectivity index (χ1n) is 6.97. The first-order chi connectivity index (χ1) is 8.93. The summed E-state index contributed by atoms with van der Waals surface area (Å²) in [6, 6.07) is 0.301. The molecule has 0 aliphatic carbocycles. The van der Waals surface area contributed by atoms with Gasteiger partial charge in [-0.1, -0.05) is 20.8 Å². The minimum Gasteiger partial charge on any atom is -0.374 e. The Hall–Kier alpha value is -0.210. The quantitative estimate of drug-likeness (QED) is 0.639. The summed E-state index contributed by atoms with van der Waals surface area (Å²) >= 11 is 0. The van der Waals surface area contributed by atoms with E-state index in [9.17, 15) is 8.42 Å². The zero-order chi connectivity index (χ0) is 14.3. The molecule has 1 rings (SSSR count). The number of likely N-dealkylation sites (N-methyl/N-ethyl adjacent to an activating group) is 1. The lowest BCUT2D eigenvalue weighted by Crippen LogP contribution is -2.48. The third kappa shape index (κ3) is 7.22. The Bertz CT molecular complexity index is 346. The van der Waals surface area contributed by atoms with Crippen LogP contribution >= 0.6 is 0 Å². The summed E-state index contributed by atoms with van der Waals surface area (Å²) in [5.41, 5.74) is 0. The molecule has 7 heteroatoms. The highest BCUT2D eigenvalue weighted by Crippen LogP contribution is 2.04. The van der Waals surface area contributed by atoms with Gasteiger partial charge in [-0.2, -0.15) is 0 Å².